The molecule has 2 aromatic carbocycles. The highest BCUT2D eigenvalue weighted by Crippen LogP contribution is 2.47. The van der Waals surface area contributed by atoms with E-state index >= 15 is 0 Å². The second kappa shape index (κ2) is 9.61. The van der Waals surface area contributed by atoms with Crippen molar-refractivity contribution in [3.05, 3.63) is 75.1 Å². The average Bonchev–Trinajstić information content (AvgIpc) is 3.30. The van der Waals surface area contributed by atoms with Crippen LogP contribution in [0.4, 0.5) is 11.5 Å². The third kappa shape index (κ3) is 4.62. The van der Waals surface area contributed by atoms with Crippen LogP contribution in [0, 0.1) is 15.5 Å². The van der Waals surface area contributed by atoms with Gasteiger partial charge in [-0.05, 0) is 41.1 Å². The maximum atomic E-state index is 13.5. The molecule has 2 heterocycles. The summed E-state index contributed by atoms with van der Waals surface area (Å²) in [6, 6.07) is 8.37. The van der Waals surface area contributed by atoms with Gasteiger partial charge in [-0.2, -0.15) is 5.10 Å². The Balaban J connectivity index is 1.60. The number of hydrogen-bond donors (Lipinski definition) is 1. The Labute approximate surface area is 225 Å². The van der Waals surface area contributed by atoms with Crippen molar-refractivity contribution >= 4 is 36.6 Å². The highest BCUT2D eigenvalue weighted by atomic mass is 16.6. The molecule has 0 radical (unpaired) electrons. The van der Waals surface area contributed by atoms with Gasteiger partial charge >= 0.3 is 5.97 Å². The van der Waals surface area contributed by atoms with Crippen molar-refractivity contribution in [2.75, 3.05) is 19.5 Å². The number of ether oxygens (including phenoxy) is 3. The molecule has 1 aromatic heterocycles. The number of nitrogens with one attached hydrogen (secondary N) is 1. The van der Waals surface area contributed by atoms with E-state index < -0.39 is 16.9 Å². The van der Waals surface area contributed by atoms with E-state index in [4.69, 9.17) is 14.2 Å². The third-order valence-corrected chi connectivity index (χ3v) is 6.98. The Hall–Kier alpha value is -4.61. The maximum absolute atomic E-state index is 13.5. The van der Waals surface area contributed by atoms with Crippen molar-refractivity contribution < 1.29 is 28.7 Å². The van der Waals surface area contributed by atoms with Crippen LogP contribution >= 0.6 is 0 Å². The van der Waals surface area contributed by atoms with E-state index in [-0.39, 0.29) is 28.2 Å². The van der Waals surface area contributed by atoms with Crippen molar-refractivity contribution in [3.63, 3.8) is 0 Å². The molecule has 0 spiro atoms. The number of non-ortho nitro benzene ring substituents is 1. The summed E-state index contributed by atoms with van der Waals surface area (Å²) in [5, 5.41) is 18.8. The monoisotopic (exact) mass is 530 g/mol. The van der Waals surface area contributed by atoms with Crippen molar-refractivity contribution in [2.45, 2.75) is 32.7 Å². The molecular formula is C27H27BN4O7. The first-order valence-electron chi connectivity index (χ1n) is 12.3. The minimum absolute atomic E-state index is 0.00217. The van der Waals surface area contributed by atoms with Gasteiger partial charge in [0.2, 0.25) is 0 Å². The number of ketones is 1. The number of hydrogen-bond acceptors (Lipinski definition) is 9. The van der Waals surface area contributed by atoms with Gasteiger partial charge in [-0.3, -0.25) is 14.9 Å². The molecule has 11 nitrogen and oxygen atoms in total. The summed E-state index contributed by atoms with van der Waals surface area (Å²) >= 11 is 0. The lowest BCUT2D eigenvalue weighted by atomic mass is 9.72. The van der Waals surface area contributed by atoms with Crippen molar-refractivity contribution in [3.8, 4) is 17.2 Å². The molecule has 39 heavy (non-hydrogen) atoms. The fourth-order valence-electron chi connectivity index (χ4n) is 5.31. The van der Waals surface area contributed by atoms with E-state index in [9.17, 15) is 19.7 Å². The quantitative estimate of drug-likeness (QED) is 0.168. The normalized spacial score (nSPS) is 17.5. The first kappa shape index (κ1) is 26.0. The van der Waals surface area contributed by atoms with Crippen LogP contribution in [0.25, 0.3) is 0 Å². The smallest absolute Gasteiger partial charge is 0.348 e. The summed E-state index contributed by atoms with van der Waals surface area (Å²) < 4.78 is 18.2. The second-order valence-electron chi connectivity index (χ2n) is 10.4. The lowest BCUT2D eigenvalue weighted by Gasteiger charge is -2.39. The van der Waals surface area contributed by atoms with Crippen molar-refractivity contribution in [1.82, 2.24) is 9.78 Å². The van der Waals surface area contributed by atoms with Gasteiger partial charge in [0.05, 0.1) is 25.3 Å². The Kier molecular flexibility index (Phi) is 6.41. The van der Waals surface area contributed by atoms with Crippen molar-refractivity contribution in [1.29, 1.82) is 0 Å². The van der Waals surface area contributed by atoms with Gasteiger partial charge < -0.3 is 19.5 Å². The second-order valence-corrected chi connectivity index (χ2v) is 10.4. The number of carbonyl (C=O) groups excluding carboxylic acids is 2. The molecule has 1 N–H and O–H groups in total. The molecule has 3 aromatic rings. The van der Waals surface area contributed by atoms with Gasteiger partial charge in [0.25, 0.3) is 5.69 Å². The van der Waals surface area contributed by atoms with E-state index in [0.717, 1.165) is 16.7 Å². The first-order valence-corrected chi connectivity index (χ1v) is 12.3. The van der Waals surface area contributed by atoms with Gasteiger partial charge in [-0.25, -0.2) is 9.48 Å². The Morgan fingerprint density at radius 1 is 1.18 bits per heavy atom. The van der Waals surface area contributed by atoms with Crippen LogP contribution in [0.5, 0.6) is 17.2 Å². The van der Waals surface area contributed by atoms with E-state index in [1.165, 1.54) is 30.5 Å². The summed E-state index contributed by atoms with van der Waals surface area (Å²) in [4.78, 5) is 37.2. The zero-order valence-corrected chi connectivity index (χ0v) is 22.2. The van der Waals surface area contributed by atoms with E-state index in [1.54, 1.807) is 18.9 Å². The lowest BCUT2D eigenvalue weighted by Crippen LogP contribution is -2.37. The molecule has 0 amide bonds. The number of rotatable bonds is 6. The number of nitro groups is 1. The number of nitro benzene ring substituents is 1. The molecule has 1 unspecified atom stereocenters. The number of carbonyl (C=O) groups is 2. The predicted octanol–water partition coefficient (Wildman–Crippen LogP) is 2.94. The largest absolute Gasteiger partial charge is 0.493 e. The molecule has 1 aliphatic heterocycles. The number of benzene rings is 2. The van der Waals surface area contributed by atoms with Gasteiger partial charge in [0.15, 0.2) is 17.3 Å². The van der Waals surface area contributed by atoms with Crippen LogP contribution in [0.1, 0.15) is 48.7 Å². The number of anilines is 1. The minimum atomic E-state index is -0.690. The molecular weight excluding hydrogens is 503 g/mol. The predicted molar refractivity (Wildman–Crippen MR) is 145 cm³/mol. The zero-order chi connectivity index (χ0) is 28.1. The Morgan fingerprint density at radius 2 is 1.90 bits per heavy atom. The van der Waals surface area contributed by atoms with Crippen molar-refractivity contribution in [2.24, 2.45) is 5.41 Å². The van der Waals surface area contributed by atoms with E-state index in [1.807, 2.05) is 33.8 Å². The SMILES string of the molecule is Bc1cc(C2C3=C(CC(C)(C)CC3=O)Nc3c(C(=O)Oc4ccc([N+](=O)[O-])cc4)cnn32)cc(OC)c1OC. The first-order chi connectivity index (χ1) is 18.5. The zero-order valence-electron chi connectivity index (χ0n) is 22.2. The maximum Gasteiger partial charge on any atom is 0.348 e. The average molecular weight is 530 g/mol. The van der Waals surface area contributed by atoms with Crippen LogP contribution in [0.2, 0.25) is 0 Å². The molecule has 1 atom stereocenters. The summed E-state index contributed by atoms with van der Waals surface area (Å²) in [6.45, 7) is 4.06. The van der Waals surface area contributed by atoms with Crippen LogP contribution in [0.3, 0.4) is 0 Å². The van der Waals surface area contributed by atoms with Crippen LogP contribution in [-0.4, -0.2) is 48.5 Å². The molecule has 2 aliphatic rings. The van der Waals surface area contributed by atoms with Gasteiger partial charge in [-0.15, -0.1) is 0 Å². The van der Waals surface area contributed by atoms with Crippen LogP contribution < -0.4 is 25.0 Å². The molecule has 5 rings (SSSR count). The molecule has 12 heteroatoms. The number of aromatic nitrogens is 2. The lowest BCUT2D eigenvalue weighted by molar-refractivity contribution is -0.384. The van der Waals surface area contributed by atoms with Gasteiger partial charge in [-0.1, -0.05) is 19.9 Å². The summed E-state index contributed by atoms with van der Waals surface area (Å²) in [5.74, 6) is 0.968. The number of fused-ring (bicyclic) bond motifs is 1. The van der Waals surface area contributed by atoms with E-state index in [0.29, 0.717) is 35.7 Å². The third-order valence-electron chi connectivity index (χ3n) is 6.98. The topological polar surface area (TPSA) is 135 Å². The summed E-state index contributed by atoms with van der Waals surface area (Å²) in [5.41, 5.74) is 2.67. The molecule has 1 aliphatic carbocycles. The summed E-state index contributed by atoms with van der Waals surface area (Å²) in [6.07, 6.45) is 2.37. The highest BCUT2D eigenvalue weighted by Gasteiger charge is 2.42. The number of allylic oxidation sites excluding steroid dienone is 2. The van der Waals surface area contributed by atoms with Crippen LogP contribution in [0.15, 0.2) is 53.9 Å². The molecule has 0 bridgehead atoms. The minimum Gasteiger partial charge on any atom is -0.493 e. The fraction of sp³-hybridized carbons (Fsp3) is 0.296. The van der Waals surface area contributed by atoms with Crippen LogP contribution in [-0.2, 0) is 4.79 Å². The van der Waals surface area contributed by atoms with Gasteiger partial charge in [0, 0.05) is 29.8 Å². The number of nitrogens with zero attached hydrogens (tertiary/aromatic N) is 3. The standard InChI is InChI=1S/C27H27BN4O7/c1-27(2)11-19-22(20(33)12-27)23(14-9-18(28)24(38-4)21(10-14)37-3)31-25(30-19)17(13-29-31)26(34)39-16-7-5-15(6-8-16)32(35)36/h5-10,13,23,30H,11-12,28H2,1-4H3. The summed E-state index contributed by atoms with van der Waals surface area (Å²) in [7, 11) is 5.01. The molecule has 200 valence electrons. The molecule has 0 saturated carbocycles. The highest BCUT2D eigenvalue weighted by molar-refractivity contribution is 6.34. The number of Topliss-reactive ketones (excluding diaryl/α,β-unsaturated/α-hetero) is 1. The Bertz CT molecular complexity index is 1540. The Morgan fingerprint density at radius 3 is 2.54 bits per heavy atom. The fourth-order valence-corrected chi connectivity index (χ4v) is 5.31. The molecule has 0 saturated heterocycles. The molecule has 0 fully saturated rings. The van der Waals surface area contributed by atoms with Gasteiger partial charge in [0.1, 0.15) is 31.0 Å². The number of methoxy groups -OCH3 is 2. The van der Waals surface area contributed by atoms with E-state index in [2.05, 4.69) is 10.4 Å². The number of esters is 1.